The lowest BCUT2D eigenvalue weighted by Gasteiger charge is -2.14. The van der Waals surface area contributed by atoms with Gasteiger partial charge in [0.1, 0.15) is 0 Å². The Morgan fingerprint density at radius 1 is 1.50 bits per heavy atom. The Hall–Kier alpha value is -1.51. The SMILES string of the molecule is Cc1cc2c(n1C)CC/C(=C/O)C2=O. The number of hydrogen-bond acceptors (Lipinski definition) is 2. The van der Waals surface area contributed by atoms with Crippen LogP contribution >= 0.6 is 0 Å². The first-order valence-corrected chi connectivity index (χ1v) is 4.68. The van der Waals surface area contributed by atoms with Gasteiger partial charge < -0.3 is 9.67 Å². The standard InChI is InChI=1S/C11H13NO2/c1-7-5-9-10(12(7)2)4-3-8(6-13)11(9)14/h5-6,13H,3-4H2,1-2H3/b8-6-. The molecule has 1 N–H and O–H groups in total. The van der Waals surface area contributed by atoms with Crippen molar-refractivity contribution < 1.29 is 9.90 Å². The van der Waals surface area contributed by atoms with Crippen molar-refractivity contribution in [2.24, 2.45) is 7.05 Å². The van der Waals surface area contributed by atoms with Gasteiger partial charge in [-0.3, -0.25) is 4.79 Å². The van der Waals surface area contributed by atoms with Crippen LogP contribution in [0.5, 0.6) is 0 Å². The minimum Gasteiger partial charge on any atom is -0.515 e. The van der Waals surface area contributed by atoms with Crippen LogP contribution in [0.3, 0.4) is 0 Å². The van der Waals surface area contributed by atoms with Crippen molar-refractivity contribution in [1.82, 2.24) is 4.57 Å². The smallest absolute Gasteiger partial charge is 0.193 e. The molecule has 0 bridgehead atoms. The van der Waals surface area contributed by atoms with Gasteiger partial charge in [-0.25, -0.2) is 0 Å². The van der Waals surface area contributed by atoms with Crippen LogP contribution in [0.1, 0.15) is 28.2 Å². The van der Waals surface area contributed by atoms with Crippen molar-refractivity contribution in [2.45, 2.75) is 19.8 Å². The monoisotopic (exact) mass is 191 g/mol. The number of aliphatic hydroxyl groups excluding tert-OH is 1. The Bertz CT molecular complexity index is 427. The lowest BCUT2D eigenvalue weighted by molar-refractivity contribution is 0.102. The summed E-state index contributed by atoms with van der Waals surface area (Å²) in [5.41, 5.74) is 3.43. The summed E-state index contributed by atoms with van der Waals surface area (Å²) in [7, 11) is 1.97. The maximum absolute atomic E-state index is 11.8. The number of rotatable bonds is 0. The van der Waals surface area contributed by atoms with E-state index in [9.17, 15) is 4.79 Å². The average molecular weight is 191 g/mol. The van der Waals surface area contributed by atoms with E-state index in [2.05, 4.69) is 0 Å². The first-order chi connectivity index (χ1) is 6.65. The lowest BCUT2D eigenvalue weighted by Crippen LogP contribution is -2.14. The molecule has 0 aliphatic heterocycles. The second kappa shape index (κ2) is 3.01. The molecule has 0 spiro atoms. The normalized spacial score (nSPS) is 18.7. The molecule has 1 aliphatic carbocycles. The Balaban J connectivity index is 2.57. The van der Waals surface area contributed by atoms with E-state index in [1.807, 2.05) is 24.6 Å². The fourth-order valence-corrected chi connectivity index (χ4v) is 1.94. The van der Waals surface area contributed by atoms with Crippen molar-refractivity contribution in [3.8, 4) is 0 Å². The van der Waals surface area contributed by atoms with Gasteiger partial charge in [-0.1, -0.05) is 0 Å². The van der Waals surface area contributed by atoms with Crippen molar-refractivity contribution in [3.63, 3.8) is 0 Å². The van der Waals surface area contributed by atoms with Gasteiger partial charge in [-0.05, 0) is 25.8 Å². The fourth-order valence-electron chi connectivity index (χ4n) is 1.94. The summed E-state index contributed by atoms with van der Waals surface area (Å²) in [5.74, 6) is -0.0301. The number of nitrogens with zero attached hydrogens (tertiary/aromatic N) is 1. The number of hydrogen-bond donors (Lipinski definition) is 1. The molecular formula is C11H13NO2. The van der Waals surface area contributed by atoms with Gasteiger partial charge in [0.15, 0.2) is 5.78 Å². The van der Waals surface area contributed by atoms with Crippen LogP contribution in [-0.2, 0) is 13.5 Å². The quantitative estimate of drug-likeness (QED) is 0.502. The number of fused-ring (bicyclic) bond motifs is 1. The maximum atomic E-state index is 11.8. The fraction of sp³-hybridized carbons (Fsp3) is 0.364. The Morgan fingerprint density at radius 2 is 2.21 bits per heavy atom. The van der Waals surface area contributed by atoms with Gasteiger partial charge >= 0.3 is 0 Å². The van der Waals surface area contributed by atoms with Crippen molar-refractivity contribution in [2.75, 3.05) is 0 Å². The summed E-state index contributed by atoms with van der Waals surface area (Å²) in [6.07, 6.45) is 2.41. The van der Waals surface area contributed by atoms with Gasteiger partial charge in [0.2, 0.25) is 0 Å². The van der Waals surface area contributed by atoms with E-state index < -0.39 is 0 Å². The van der Waals surface area contributed by atoms with Crippen LogP contribution in [-0.4, -0.2) is 15.5 Å². The Morgan fingerprint density at radius 3 is 2.86 bits per heavy atom. The molecule has 74 valence electrons. The van der Waals surface area contributed by atoms with Gasteiger partial charge in [0.05, 0.1) is 6.26 Å². The molecule has 0 fully saturated rings. The van der Waals surface area contributed by atoms with Crippen LogP contribution in [0, 0.1) is 6.92 Å². The molecule has 0 saturated heterocycles. The minimum atomic E-state index is -0.0301. The second-order valence-corrected chi connectivity index (χ2v) is 3.69. The molecule has 1 aliphatic rings. The van der Waals surface area contributed by atoms with Gasteiger partial charge in [-0.15, -0.1) is 0 Å². The van der Waals surface area contributed by atoms with Crippen LogP contribution < -0.4 is 0 Å². The largest absolute Gasteiger partial charge is 0.515 e. The van der Waals surface area contributed by atoms with Crippen LogP contribution in [0.4, 0.5) is 0 Å². The highest BCUT2D eigenvalue weighted by Crippen LogP contribution is 2.26. The lowest BCUT2D eigenvalue weighted by atomic mass is 9.92. The molecule has 0 unspecified atom stereocenters. The number of carbonyl (C=O) groups is 1. The van der Waals surface area contributed by atoms with Crippen molar-refractivity contribution in [1.29, 1.82) is 0 Å². The van der Waals surface area contributed by atoms with E-state index in [0.29, 0.717) is 12.0 Å². The summed E-state index contributed by atoms with van der Waals surface area (Å²) in [6.45, 7) is 1.98. The molecule has 0 radical (unpaired) electrons. The number of Topliss-reactive ketones (excluding diaryl/α,β-unsaturated/α-hetero) is 1. The van der Waals surface area contributed by atoms with E-state index in [0.717, 1.165) is 29.6 Å². The van der Waals surface area contributed by atoms with Gasteiger partial charge in [0, 0.05) is 29.6 Å². The molecule has 0 amide bonds. The molecular weight excluding hydrogens is 178 g/mol. The summed E-state index contributed by atoms with van der Waals surface area (Å²) in [5, 5.41) is 8.87. The highest BCUT2D eigenvalue weighted by molar-refractivity contribution is 6.10. The van der Waals surface area contributed by atoms with Crippen molar-refractivity contribution in [3.05, 3.63) is 34.9 Å². The number of aromatic nitrogens is 1. The molecule has 0 saturated carbocycles. The zero-order valence-electron chi connectivity index (χ0n) is 8.37. The molecule has 14 heavy (non-hydrogen) atoms. The van der Waals surface area contributed by atoms with Crippen LogP contribution in [0.15, 0.2) is 17.9 Å². The predicted octanol–water partition coefficient (Wildman–Crippen LogP) is 1.90. The molecule has 3 nitrogen and oxygen atoms in total. The zero-order chi connectivity index (χ0) is 10.3. The first kappa shape index (κ1) is 9.06. The maximum Gasteiger partial charge on any atom is 0.193 e. The summed E-state index contributed by atoms with van der Waals surface area (Å²) in [6, 6.07) is 1.89. The number of carbonyl (C=O) groups excluding carboxylic acids is 1. The second-order valence-electron chi connectivity index (χ2n) is 3.69. The van der Waals surface area contributed by atoms with E-state index in [4.69, 9.17) is 5.11 Å². The van der Waals surface area contributed by atoms with Gasteiger partial charge in [0.25, 0.3) is 0 Å². The summed E-state index contributed by atoms with van der Waals surface area (Å²) in [4.78, 5) is 11.8. The number of allylic oxidation sites excluding steroid dienone is 1. The highest BCUT2D eigenvalue weighted by atomic mass is 16.2. The van der Waals surface area contributed by atoms with Gasteiger partial charge in [-0.2, -0.15) is 0 Å². The van der Waals surface area contributed by atoms with E-state index in [1.165, 1.54) is 0 Å². The number of aryl methyl sites for hydroxylation is 1. The first-order valence-electron chi connectivity index (χ1n) is 4.68. The van der Waals surface area contributed by atoms with E-state index in [-0.39, 0.29) is 5.78 Å². The third kappa shape index (κ3) is 1.09. The summed E-state index contributed by atoms with van der Waals surface area (Å²) >= 11 is 0. The average Bonchev–Trinajstić information content (AvgIpc) is 2.46. The molecule has 3 heteroatoms. The van der Waals surface area contributed by atoms with Crippen LogP contribution in [0.25, 0.3) is 0 Å². The topological polar surface area (TPSA) is 42.2 Å². The molecule has 0 atom stereocenters. The number of aliphatic hydroxyl groups is 1. The molecule has 1 heterocycles. The molecule has 0 aromatic carbocycles. The number of ketones is 1. The molecule has 2 rings (SSSR count). The van der Waals surface area contributed by atoms with E-state index in [1.54, 1.807) is 0 Å². The summed E-state index contributed by atoms with van der Waals surface area (Å²) < 4.78 is 2.04. The molecule has 1 aromatic rings. The van der Waals surface area contributed by atoms with Crippen molar-refractivity contribution >= 4 is 5.78 Å². The third-order valence-electron chi connectivity index (χ3n) is 2.92. The van der Waals surface area contributed by atoms with Crippen LogP contribution in [0.2, 0.25) is 0 Å². The Kier molecular flexibility index (Phi) is 1.95. The zero-order valence-corrected chi connectivity index (χ0v) is 8.37. The highest BCUT2D eigenvalue weighted by Gasteiger charge is 2.25. The predicted molar refractivity (Wildman–Crippen MR) is 53.5 cm³/mol. The molecule has 1 aromatic heterocycles. The minimum absolute atomic E-state index is 0.0301. The third-order valence-corrected chi connectivity index (χ3v) is 2.92. The van der Waals surface area contributed by atoms with E-state index >= 15 is 0 Å². The Labute approximate surface area is 82.7 Å².